The second-order valence-electron chi connectivity index (χ2n) is 6.19. The molecule has 1 heterocycles. The molecule has 3 unspecified atom stereocenters. The minimum atomic E-state index is -0.0475. The van der Waals surface area contributed by atoms with E-state index < -0.39 is 0 Å². The number of nitrogens with one attached hydrogen (secondary N) is 2. The summed E-state index contributed by atoms with van der Waals surface area (Å²) in [5.74, 6) is 0.775. The number of fused-ring (bicyclic) bond motifs is 1. The highest BCUT2D eigenvalue weighted by Gasteiger charge is 2.38. The molecule has 2 aliphatic rings. The average Bonchev–Trinajstić information content (AvgIpc) is 2.93. The molecule has 1 aromatic carbocycles. The van der Waals surface area contributed by atoms with E-state index >= 15 is 0 Å². The Hall–Kier alpha value is -1.39. The first kappa shape index (κ1) is 14.5. The number of hydrogen-bond donors (Lipinski definition) is 2. The zero-order valence-corrected chi connectivity index (χ0v) is 12.6. The van der Waals surface area contributed by atoms with Crippen molar-refractivity contribution in [2.75, 3.05) is 12.4 Å². The van der Waals surface area contributed by atoms with Gasteiger partial charge in [-0.3, -0.25) is 4.79 Å². The molecule has 21 heavy (non-hydrogen) atoms. The molecular weight excluding hydrogens is 264 g/mol. The summed E-state index contributed by atoms with van der Waals surface area (Å²) >= 11 is 0. The standard InChI is InChI=1S/C17H24N2O2/c1-21-11-13-7-3-5-9-15(13)19-17(20)16-10-12-6-2-4-8-14(12)18-16/h3,5,7,9,12,14,16,18H,2,4,6,8,10-11H2,1H3,(H,19,20). The molecule has 4 heteroatoms. The number of hydrogen-bond acceptors (Lipinski definition) is 3. The molecule has 2 fully saturated rings. The Labute approximate surface area is 126 Å². The van der Waals surface area contributed by atoms with E-state index in [1.54, 1.807) is 7.11 Å². The van der Waals surface area contributed by atoms with Crippen molar-refractivity contribution in [1.29, 1.82) is 0 Å². The second kappa shape index (κ2) is 6.58. The molecule has 0 bridgehead atoms. The summed E-state index contributed by atoms with van der Waals surface area (Å²) in [4.78, 5) is 12.5. The highest BCUT2D eigenvalue weighted by atomic mass is 16.5. The lowest BCUT2D eigenvalue weighted by Crippen LogP contribution is -2.40. The maximum atomic E-state index is 12.5. The van der Waals surface area contributed by atoms with Crippen LogP contribution in [0, 0.1) is 5.92 Å². The number of para-hydroxylation sites is 1. The summed E-state index contributed by atoms with van der Waals surface area (Å²) < 4.78 is 5.19. The molecule has 0 radical (unpaired) electrons. The van der Waals surface area contributed by atoms with Crippen LogP contribution in [0.15, 0.2) is 24.3 Å². The number of carbonyl (C=O) groups excluding carboxylic acids is 1. The van der Waals surface area contributed by atoms with Crippen molar-refractivity contribution in [1.82, 2.24) is 5.32 Å². The van der Waals surface area contributed by atoms with Crippen LogP contribution in [0.1, 0.15) is 37.7 Å². The van der Waals surface area contributed by atoms with Crippen LogP contribution in [-0.4, -0.2) is 25.1 Å². The zero-order chi connectivity index (χ0) is 14.7. The third kappa shape index (κ3) is 3.27. The van der Waals surface area contributed by atoms with Gasteiger partial charge in [-0.2, -0.15) is 0 Å². The quantitative estimate of drug-likeness (QED) is 0.895. The molecule has 1 saturated heterocycles. The number of methoxy groups -OCH3 is 1. The first-order valence-electron chi connectivity index (χ1n) is 7.91. The third-order valence-electron chi connectivity index (χ3n) is 4.75. The Balaban J connectivity index is 1.64. The van der Waals surface area contributed by atoms with Crippen molar-refractivity contribution in [2.24, 2.45) is 5.92 Å². The Morgan fingerprint density at radius 3 is 2.95 bits per heavy atom. The summed E-state index contributed by atoms with van der Waals surface area (Å²) in [6, 6.07) is 8.33. The van der Waals surface area contributed by atoms with E-state index in [1.807, 2.05) is 24.3 Å². The van der Waals surface area contributed by atoms with Gasteiger partial charge < -0.3 is 15.4 Å². The average molecular weight is 288 g/mol. The Morgan fingerprint density at radius 2 is 2.14 bits per heavy atom. The molecule has 0 aromatic heterocycles. The van der Waals surface area contributed by atoms with E-state index in [2.05, 4.69) is 10.6 Å². The van der Waals surface area contributed by atoms with Crippen molar-refractivity contribution < 1.29 is 9.53 Å². The van der Waals surface area contributed by atoms with Gasteiger partial charge in [0.15, 0.2) is 0 Å². The molecule has 4 nitrogen and oxygen atoms in total. The smallest absolute Gasteiger partial charge is 0.241 e. The number of benzene rings is 1. The monoisotopic (exact) mass is 288 g/mol. The van der Waals surface area contributed by atoms with Crippen molar-refractivity contribution in [3.8, 4) is 0 Å². The van der Waals surface area contributed by atoms with Crippen LogP contribution in [0.3, 0.4) is 0 Å². The van der Waals surface area contributed by atoms with Gasteiger partial charge in [0.2, 0.25) is 5.91 Å². The highest BCUT2D eigenvalue weighted by Crippen LogP contribution is 2.33. The first-order valence-corrected chi connectivity index (χ1v) is 7.91. The molecule has 3 rings (SSSR count). The van der Waals surface area contributed by atoms with Gasteiger partial charge in [0.1, 0.15) is 0 Å². The van der Waals surface area contributed by atoms with Crippen LogP contribution < -0.4 is 10.6 Å². The maximum absolute atomic E-state index is 12.5. The first-order chi connectivity index (χ1) is 10.3. The summed E-state index contributed by atoms with van der Waals surface area (Å²) in [5, 5.41) is 6.59. The van der Waals surface area contributed by atoms with Crippen LogP contribution in [0.2, 0.25) is 0 Å². The van der Waals surface area contributed by atoms with Crippen molar-refractivity contribution in [3.63, 3.8) is 0 Å². The summed E-state index contributed by atoms with van der Waals surface area (Å²) in [5.41, 5.74) is 1.88. The summed E-state index contributed by atoms with van der Waals surface area (Å²) in [6.07, 6.45) is 6.06. The predicted molar refractivity (Wildman–Crippen MR) is 83.1 cm³/mol. The van der Waals surface area contributed by atoms with Gasteiger partial charge >= 0.3 is 0 Å². The van der Waals surface area contributed by atoms with Crippen LogP contribution in [-0.2, 0) is 16.1 Å². The molecule has 114 valence electrons. The summed E-state index contributed by atoms with van der Waals surface area (Å²) in [6.45, 7) is 0.514. The molecule has 1 amide bonds. The van der Waals surface area contributed by atoms with Crippen molar-refractivity contribution in [3.05, 3.63) is 29.8 Å². The van der Waals surface area contributed by atoms with Gasteiger partial charge in [0.25, 0.3) is 0 Å². The summed E-state index contributed by atoms with van der Waals surface area (Å²) in [7, 11) is 1.67. The third-order valence-corrected chi connectivity index (χ3v) is 4.75. The highest BCUT2D eigenvalue weighted by molar-refractivity contribution is 5.95. The Kier molecular flexibility index (Phi) is 4.56. The van der Waals surface area contributed by atoms with Gasteiger partial charge in [-0.1, -0.05) is 31.0 Å². The van der Waals surface area contributed by atoms with E-state index in [1.165, 1.54) is 25.7 Å². The number of ether oxygens (including phenoxy) is 1. The second-order valence-corrected chi connectivity index (χ2v) is 6.19. The molecule has 1 aromatic rings. The van der Waals surface area contributed by atoms with Gasteiger partial charge in [-0.05, 0) is 31.2 Å². The van der Waals surface area contributed by atoms with Gasteiger partial charge in [0, 0.05) is 24.4 Å². The number of rotatable bonds is 4. The number of amides is 1. The van der Waals surface area contributed by atoms with Crippen LogP contribution in [0.4, 0.5) is 5.69 Å². The largest absolute Gasteiger partial charge is 0.380 e. The molecule has 0 spiro atoms. The Bertz CT molecular complexity index is 489. The Morgan fingerprint density at radius 1 is 1.33 bits per heavy atom. The topological polar surface area (TPSA) is 50.4 Å². The maximum Gasteiger partial charge on any atom is 0.241 e. The molecule has 2 N–H and O–H groups in total. The lowest BCUT2D eigenvalue weighted by Gasteiger charge is -2.24. The van der Waals surface area contributed by atoms with E-state index in [-0.39, 0.29) is 11.9 Å². The van der Waals surface area contributed by atoms with E-state index in [9.17, 15) is 4.79 Å². The lowest BCUT2D eigenvalue weighted by atomic mass is 9.85. The molecule has 1 saturated carbocycles. The van der Waals surface area contributed by atoms with Crippen LogP contribution >= 0.6 is 0 Å². The fourth-order valence-electron chi connectivity index (χ4n) is 3.66. The minimum absolute atomic E-state index is 0.0475. The lowest BCUT2D eigenvalue weighted by molar-refractivity contribution is -0.117. The van der Waals surface area contributed by atoms with Crippen LogP contribution in [0.5, 0.6) is 0 Å². The molecule has 3 atom stereocenters. The molecule has 1 aliphatic carbocycles. The van der Waals surface area contributed by atoms with Crippen molar-refractivity contribution >= 4 is 11.6 Å². The number of carbonyl (C=O) groups is 1. The molecular formula is C17H24N2O2. The van der Waals surface area contributed by atoms with Crippen LogP contribution in [0.25, 0.3) is 0 Å². The normalized spacial score (nSPS) is 28.1. The fourth-order valence-corrected chi connectivity index (χ4v) is 3.66. The van der Waals surface area contributed by atoms with Gasteiger partial charge in [-0.15, -0.1) is 0 Å². The van der Waals surface area contributed by atoms with E-state index in [4.69, 9.17) is 4.74 Å². The van der Waals surface area contributed by atoms with E-state index in [0.29, 0.717) is 18.6 Å². The predicted octanol–water partition coefficient (Wildman–Crippen LogP) is 2.69. The van der Waals surface area contributed by atoms with E-state index in [0.717, 1.165) is 17.7 Å². The van der Waals surface area contributed by atoms with Gasteiger partial charge in [-0.25, -0.2) is 0 Å². The minimum Gasteiger partial charge on any atom is -0.380 e. The zero-order valence-electron chi connectivity index (χ0n) is 12.6. The van der Waals surface area contributed by atoms with Crippen molar-refractivity contribution in [2.45, 2.75) is 50.8 Å². The SMILES string of the molecule is COCc1ccccc1NC(=O)C1CC2CCCCC2N1. The fraction of sp³-hybridized carbons (Fsp3) is 0.588. The molecule has 1 aliphatic heterocycles. The number of anilines is 1. The van der Waals surface area contributed by atoms with Gasteiger partial charge in [0.05, 0.1) is 12.6 Å².